The molecule has 0 unspecified atom stereocenters. The van der Waals surface area contributed by atoms with E-state index in [0.29, 0.717) is 11.0 Å². The Bertz CT molecular complexity index is 519. The number of hydrogen-bond donors (Lipinski definition) is 0. The minimum atomic E-state index is 0.378. The summed E-state index contributed by atoms with van der Waals surface area (Å²) in [6, 6.07) is 0. The Morgan fingerprint density at radius 2 is 2.06 bits per heavy atom. The molecule has 2 aromatic rings. The molecule has 0 aliphatic carbocycles. The van der Waals surface area contributed by atoms with E-state index in [0.717, 1.165) is 17.8 Å². The van der Waals surface area contributed by atoms with E-state index in [2.05, 4.69) is 22.0 Å². The van der Waals surface area contributed by atoms with E-state index in [1.54, 1.807) is 10.9 Å². The topological polar surface area (TPSA) is 43.6 Å². The highest BCUT2D eigenvalue weighted by molar-refractivity contribution is 6.29. The molecule has 0 fully saturated rings. The van der Waals surface area contributed by atoms with Crippen LogP contribution in [0.25, 0.3) is 5.82 Å². The Morgan fingerprint density at radius 3 is 2.62 bits per heavy atom. The van der Waals surface area contributed by atoms with Crippen LogP contribution in [0.5, 0.6) is 0 Å². The normalized spacial score (nSPS) is 10.8. The summed E-state index contributed by atoms with van der Waals surface area (Å²) in [7, 11) is 0. The van der Waals surface area contributed by atoms with Crippen molar-refractivity contribution < 1.29 is 0 Å². The highest BCUT2D eigenvalue weighted by atomic mass is 35.5. The second-order valence-corrected chi connectivity index (χ2v) is 4.00. The molecule has 0 bridgehead atoms. The summed E-state index contributed by atoms with van der Waals surface area (Å²) < 4.78 is 1.78. The first kappa shape index (κ1) is 11.1. The maximum absolute atomic E-state index is 5.81. The monoisotopic (exact) mass is 236 g/mol. The molecule has 16 heavy (non-hydrogen) atoms. The van der Waals surface area contributed by atoms with Crippen LogP contribution >= 0.6 is 11.6 Å². The van der Waals surface area contributed by atoms with E-state index < -0.39 is 0 Å². The Balaban J connectivity index is 2.56. The molecule has 2 aromatic heterocycles. The van der Waals surface area contributed by atoms with Crippen molar-refractivity contribution in [1.82, 2.24) is 19.7 Å². The number of hydrogen-bond acceptors (Lipinski definition) is 3. The van der Waals surface area contributed by atoms with Gasteiger partial charge < -0.3 is 0 Å². The molecule has 0 amide bonds. The van der Waals surface area contributed by atoms with E-state index in [1.807, 2.05) is 13.8 Å². The molecule has 2 heterocycles. The standard InChI is InChI=1S/C11H13ClN4/c1-4-9-7(2)15-16(8(9)3)11-6-13-5-10(12)14-11/h5-6H,4H2,1-3H3. The maximum atomic E-state index is 5.81. The van der Waals surface area contributed by atoms with Crippen LogP contribution in [0.2, 0.25) is 5.15 Å². The van der Waals surface area contributed by atoms with Gasteiger partial charge in [0, 0.05) is 5.69 Å². The summed E-state index contributed by atoms with van der Waals surface area (Å²) in [5.74, 6) is 0.660. The summed E-state index contributed by atoms with van der Waals surface area (Å²) in [6.07, 6.45) is 4.13. The zero-order valence-electron chi connectivity index (χ0n) is 9.53. The number of rotatable bonds is 2. The zero-order chi connectivity index (χ0) is 11.7. The lowest BCUT2D eigenvalue weighted by Crippen LogP contribution is -2.03. The van der Waals surface area contributed by atoms with Gasteiger partial charge in [0.25, 0.3) is 0 Å². The largest absolute Gasteiger partial charge is 0.258 e. The second-order valence-electron chi connectivity index (χ2n) is 3.61. The molecule has 0 N–H and O–H groups in total. The molecule has 2 rings (SSSR count). The molecule has 4 nitrogen and oxygen atoms in total. The Hall–Kier alpha value is -1.42. The smallest absolute Gasteiger partial charge is 0.173 e. The Labute approximate surface area is 99.3 Å². The van der Waals surface area contributed by atoms with E-state index in [1.165, 1.54) is 11.8 Å². The molecule has 84 valence electrons. The molecule has 0 aromatic carbocycles. The highest BCUT2D eigenvalue weighted by Gasteiger charge is 2.12. The van der Waals surface area contributed by atoms with Gasteiger partial charge in [-0.1, -0.05) is 18.5 Å². The molecule has 0 saturated heterocycles. The molecular weight excluding hydrogens is 224 g/mol. The number of halogens is 1. The predicted octanol–water partition coefficient (Wildman–Crippen LogP) is 2.49. The van der Waals surface area contributed by atoms with Crippen LogP contribution in [0.4, 0.5) is 0 Å². The van der Waals surface area contributed by atoms with Crippen LogP contribution in [0.15, 0.2) is 12.4 Å². The van der Waals surface area contributed by atoms with Crippen LogP contribution in [0.1, 0.15) is 23.9 Å². The SMILES string of the molecule is CCc1c(C)nn(-c2cncc(Cl)n2)c1C. The average molecular weight is 237 g/mol. The van der Waals surface area contributed by atoms with Gasteiger partial charge >= 0.3 is 0 Å². The summed E-state index contributed by atoms with van der Waals surface area (Å²) in [5, 5.41) is 4.83. The van der Waals surface area contributed by atoms with Crippen LogP contribution in [0.3, 0.4) is 0 Å². The van der Waals surface area contributed by atoms with Gasteiger partial charge in [-0.3, -0.25) is 4.98 Å². The van der Waals surface area contributed by atoms with Crippen LogP contribution in [-0.2, 0) is 6.42 Å². The third kappa shape index (κ3) is 1.80. The third-order valence-corrected chi connectivity index (χ3v) is 2.79. The van der Waals surface area contributed by atoms with Gasteiger partial charge in [-0.05, 0) is 25.8 Å². The number of nitrogens with zero attached hydrogens (tertiary/aromatic N) is 4. The van der Waals surface area contributed by atoms with Gasteiger partial charge in [-0.2, -0.15) is 5.10 Å². The summed E-state index contributed by atoms with van der Waals surface area (Å²) in [5.41, 5.74) is 3.38. The molecule has 0 spiro atoms. The number of aromatic nitrogens is 4. The van der Waals surface area contributed by atoms with E-state index >= 15 is 0 Å². The van der Waals surface area contributed by atoms with Crippen molar-refractivity contribution in [3.05, 3.63) is 34.5 Å². The van der Waals surface area contributed by atoms with Crippen molar-refractivity contribution in [2.75, 3.05) is 0 Å². The van der Waals surface area contributed by atoms with Crippen molar-refractivity contribution in [2.45, 2.75) is 27.2 Å². The zero-order valence-corrected chi connectivity index (χ0v) is 10.3. The average Bonchev–Trinajstić information content (AvgIpc) is 2.54. The Morgan fingerprint density at radius 1 is 1.31 bits per heavy atom. The van der Waals surface area contributed by atoms with Crippen molar-refractivity contribution in [2.24, 2.45) is 0 Å². The Kier molecular flexibility index (Phi) is 2.92. The third-order valence-electron chi connectivity index (χ3n) is 2.60. The van der Waals surface area contributed by atoms with Gasteiger partial charge in [0.15, 0.2) is 5.82 Å². The highest BCUT2D eigenvalue weighted by Crippen LogP contribution is 2.17. The first-order chi connectivity index (χ1) is 7.63. The van der Waals surface area contributed by atoms with Gasteiger partial charge in [-0.25, -0.2) is 9.67 Å². The summed E-state index contributed by atoms with van der Waals surface area (Å²) in [4.78, 5) is 8.21. The van der Waals surface area contributed by atoms with Crippen LogP contribution in [-0.4, -0.2) is 19.7 Å². The minimum absolute atomic E-state index is 0.378. The first-order valence-corrected chi connectivity index (χ1v) is 5.54. The maximum Gasteiger partial charge on any atom is 0.173 e. The lowest BCUT2D eigenvalue weighted by molar-refractivity contribution is 0.798. The molecule has 0 atom stereocenters. The molecule has 0 aliphatic heterocycles. The molecule has 0 saturated carbocycles. The van der Waals surface area contributed by atoms with Crippen molar-refractivity contribution in [3.63, 3.8) is 0 Å². The van der Waals surface area contributed by atoms with E-state index in [4.69, 9.17) is 11.6 Å². The van der Waals surface area contributed by atoms with Crippen LogP contribution in [0, 0.1) is 13.8 Å². The fraction of sp³-hybridized carbons (Fsp3) is 0.364. The van der Waals surface area contributed by atoms with Crippen molar-refractivity contribution in [3.8, 4) is 5.82 Å². The fourth-order valence-corrected chi connectivity index (χ4v) is 1.99. The lowest BCUT2D eigenvalue weighted by atomic mass is 10.1. The lowest BCUT2D eigenvalue weighted by Gasteiger charge is -2.03. The van der Waals surface area contributed by atoms with E-state index in [-0.39, 0.29) is 0 Å². The summed E-state index contributed by atoms with van der Waals surface area (Å²) >= 11 is 5.81. The van der Waals surface area contributed by atoms with E-state index in [9.17, 15) is 0 Å². The van der Waals surface area contributed by atoms with Gasteiger partial charge in [-0.15, -0.1) is 0 Å². The number of aryl methyl sites for hydroxylation is 1. The molecular formula is C11H13ClN4. The van der Waals surface area contributed by atoms with Crippen LogP contribution < -0.4 is 0 Å². The summed E-state index contributed by atoms with van der Waals surface area (Å²) in [6.45, 7) is 6.15. The van der Waals surface area contributed by atoms with Gasteiger partial charge in [0.2, 0.25) is 0 Å². The first-order valence-electron chi connectivity index (χ1n) is 5.16. The minimum Gasteiger partial charge on any atom is -0.258 e. The van der Waals surface area contributed by atoms with Gasteiger partial charge in [0.1, 0.15) is 5.15 Å². The second kappa shape index (κ2) is 4.22. The van der Waals surface area contributed by atoms with Gasteiger partial charge in [0.05, 0.1) is 18.1 Å². The molecule has 0 radical (unpaired) electrons. The van der Waals surface area contributed by atoms with Crippen molar-refractivity contribution in [1.29, 1.82) is 0 Å². The molecule has 5 heteroatoms. The molecule has 0 aliphatic rings. The van der Waals surface area contributed by atoms with Crippen molar-refractivity contribution >= 4 is 11.6 Å². The fourth-order valence-electron chi connectivity index (χ4n) is 1.84. The quantitative estimate of drug-likeness (QED) is 0.805. The predicted molar refractivity (Wildman–Crippen MR) is 63.0 cm³/mol.